The number of hydrogen-bond donors (Lipinski definition) is 1. The zero-order valence-electron chi connectivity index (χ0n) is 11.2. The fraction of sp³-hybridized carbons (Fsp3) is 0.600. The molecule has 0 bridgehead atoms. The maximum atomic E-state index is 12.6. The first kappa shape index (κ1) is 13.9. The first-order chi connectivity index (χ1) is 9.45. The van der Waals surface area contributed by atoms with Gasteiger partial charge in [0.25, 0.3) is 0 Å². The van der Waals surface area contributed by atoms with Crippen LogP contribution in [0.2, 0.25) is 0 Å². The number of likely N-dealkylation sites (tertiary alicyclic amines) is 1. The molecule has 0 amide bonds. The van der Waals surface area contributed by atoms with Crippen LogP contribution < -0.4 is 0 Å². The molecule has 1 aromatic carbocycles. The minimum Gasteiger partial charge on any atom is -0.396 e. The van der Waals surface area contributed by atoms with Crippen LogP contribution in [0.5, 0.6) is 0 Å². The number of aliphatic hydroxyl groups excluding tert-OH is 1. The van der Waals surface area contributed by atoms with Crippen molar-refractivity contribution in [2.45, 2.75) is 24.4 Å². The van der Waals surface area contributed by atoms with E-state index in [2.05, 4.69) is 4.90 Å². The van der Waals surface area contributed by atoms with Gasteiger partial charge in [0.2, 0.25) is 0 Å². The second kappa shape index (κ2) is 4.74. The predicted molar refractivity (Wildman–Crippen MR) is 69.4 cm³/mol. The Labute approximate surface area is 116 Å². The number of alkyl halides is 3. The zero-order valence-corrected chi connectivity index (χ0v) is 11.2. The van der Waals surface area contributed by atoms with E-state index >= 15 is 0 Å². The third-order valence-electron chi connectivity index (χ3n) is 4.64. The van der Waals surface area contributed by atoms with Gasteiger partial charge in [-0.05, 0) is 36.5 Å². The molecule has 1 saturated carbocycles. The maximum Gasteiger partial charge on any atom is 0.416 e. The lowest BCUT2D eigenvalue weighted by molar-refractivity contribution is -0.137. The van der Waals surface area contributed by atoms with Crippen molar-refractivity contribution in [3.63, 3.8) is 0 Å². The molecule has 1 aliphatic heterocycles. The molecule has 1 aromatic rings. The Balaban J connectivity index is 1.71. The average Bonchev–Trinajstić information content (AvgIpc) is 2.99. The molecule has 0 radical (unpaired) electrons. The van der Waals surface area contributed by atoms with E-state index in [0.29, 0.717) is 5.92 Å². The van der Waals surface area contributed by atoms with Gasteiger partial charge >= 0.3 is 6.18 Å². The summed E-state index contributed by atoms with van der Waals surface area (Å²) in [5.41, 5.74) is 0.520. The Morgan fingerprint density at radius 2 is 1.95 bits per heavy atom. The summed E-state index contributed by atoms with van der Waals surface area (Å²) in [4.78, 5) is 2.31. The number of hydrogen-bond acceptors (Lipinski definition) is 2. The van der Waals surface area contributed by atoms with E-state index in [1.165, 1.54) is 12.1 Å². The van der Waals surface area contributed by atoms with Crippen molar-refractivity contribution in [2.75, 3.05) is 26.2 Å². The van der Waals surface area contributed by atoms with Crippen LogP contribution in [0.4, 0.5) is 13.2 Å². The molecule has 2 aliphatic rings. The molecule has 1 heterocycles. The molecule has 2 atom stereocenters. The van der Waals surface area contributed by atoms with Crippen LogP contribution in [-0.2, 0) is 11.6 Å². The Morgan fingerprint density at radius 1 is 1.25 bits per heavy atom. The molecule has 0 spiro atoms. The number of nitrogens with zero attached hydrogens (tertiary/aromatic N) is 1. The van der Waals surface area contributed by atoms with Crippen LogP contribution in [0.15, 0.2) is 24.3 Å². The Hall–Kier alpha value is -1.07. The van der Waals surface area contributed by atoms with E-state index in [0.717, 1.165) is 38.0 Å². The van der Waals surface area contributed by atoms with E-state index < -0.39 is 11.7 Å². The fourth-order valence-corrected chi connectivity index (χ4v) is 3.49. The van der Waals surface area contributed by atoms with E-state index in [9.17, 15) is 13.2 Å². The SMILES string of the molecule is OCCCN1CC2C[C@]2(c2ccc(C(F)(F)F)cc2)C1. The largest absolute Gasteiger partial charge is 0.416 e. The van der Waals surface area contributed by atoms with Gasteiger partial charge in [0, 0.05) is 31.7 Å². The highest BCUT2D eigenvalue weighted by Gasteiger charge is 2.60. The summed E-state index contributed by atoms with van der Waals surface area (Å²) < 4.78 is 37.7. The van der Waals surface area contributed by atoms with E-state index in [1.54, 1.807) is 12.1 Å². The second-order valence-electron chi connectivity index (χ2n) is 5.94. The van der Waals surface area contributed by atoms with E-state index in [-0.39, 0.29) is 12.0 Å². The molecule has 1 unspecified atom stereocenters. The number of aliphatic hydroxyl groups is 1. The van der Waals surface area contributed by atoms with Gasteiger partial charge < -0.3 is 10.0 Å². The van der Waals surface area contributed by atoms with Crippen LogP contribution in [0, 0.1) is 5.92 Å². The molecule has 3 rings (SSSR count). The molecule has 2 nitrogen and oxygen atoms in total. The summed E-state index contributed by atoms with van der Waals surface area (Å²) in [6, 6.07) is 5.66. The zero-order chi connectivity index (χ0) is 14.4. The third-order valence-corrected chi connectivity index (χ3v) is 4.64. The highest BCUT2D eigenvalue weighted by molar-refractivity contribution is 5.39. The first-order valence-corrected chi connectivity index (χ1v) is 6.97. The Bertz CT molecular complexity index is 485. The Kier molecular flexibility index (Phi) is 3.29. The molecule has 0 aromatic heterocycles. The van der Waals surface area contributed by atoms with Gasteiger partial charge in [-0.25, -0.2) is 0 Å². The van der Waals surface area contributed by atoms with Gasteiger partial charge in [0.15, 0.2) is 0 Å². The van der Waals surface area contributed by atoms with Crippen LogP contribution in [0.3, 0.4) is 0 Å². The Morgan fingerprint density at radius 3 is 2.55 bits per heavy atom. The van der Waals surface area contributed by atoms with Crippen molar-refractivity contribution in [1.29, 1.82) is 0 Å². The quantitative estimate of drug-likeness (QED) is 0.919. The van der Waals surface area contributed by atoms with Crippen molar-refractivity contribution in [3.05, 3.63) is 35.4 Å². The molecule has 110 valence electrons. The van der Waals surface area contributed by atoms with Crippen LogP contribution in [0.1, 0.15) is 24.0 Å². The monoisotopic (exact) mass is 285 g/mol. The molecule has 2 fully saturated rings. The van der Waals surface area contributed by atoms with Crippen molar-refractivity contribution in [2.24, 2.45) is 5.92 Å². The minimum absolute atomic E-state index is 0.0690. The molecule has 1 saturated heterocycles. The summed E-state index contributed by atoms with van der Waals surface area (Å²) in [5, 5.41) is 8.86. The summed E-state index contributed by atoms with van der Waals surface area (Å²) in [6.07, 6.45) is -2.42. The van der Waals surface area contributed by atoms with Gasteiger partial charge in [-0.2, -0.15) is 13.2 Å². The smallest absolute Gasteiger partial charge is 0.396 e. The lowest BCUT2D eigenvalue weighted by atomic mass is 9.94. The van der Waals surface area contributed by atoms with Crippen LogP contribution >= 0.6 is 0 Å². The maximum absolute atomic E-state index is 12.6. The van der Waals surface area contributed by atoms with Gasteiger partial charge in [-0.1, -0.05) is 12.1 Å². The highest BCUT2D eigenvalue weighted by atomic mass is 19.4. The number of piperidine rings is 1. The van der Waals surface area contributed by atoms with Gasteiger partial charge in [-0.15, -0.1) is 0 Å². The lowest BCUT2D eigenvalue weighted by Gasteiger charge is -2.21. The van der Waals surface area contributed by atoms with E-state index in [1.807, 2.05) is 0 Å². The molecular weight excluding hydrogens is 267 g/mol. The molecular formula is C15H18F3NO. The average molecular weight is 285 g/mol. The standard InChI is InChI=1S/C15H18F3NO/c16-15(17,18)12-4-2-11(3-5-12)14-8-13(14)9-19(10-14)6-1-7-20/h2-5,13,20H,1,6-10H2/t13?,14-/m1/s1. The van der Waals surface area contributed by atoms with Crippen molar-refractivity contribution < 1.29 is 18.3 Å². The summed E-state index contributed by atoms with van der Waals surface area (Å²) in [7, 11) is 0. The van der Waals surface area contributed by atoms with Gasteiger partial charge in [0.1, 0.15) is 0 Å². The van der Waals surface area contributed by atoms with Gasteiger partial charge in [-0.3, -0.25) is 0 Å². The van der Waals surface area contributed by atoms with Crippen molar-refractivity contribution in [1.82, 2.24) is 4.90 Å². The van der Waals surface area contributed by atoms with Crippen molar-refractivity contribution in [3.8, 4) is 0 Å². The summed E-state index contributed by atoms with van der Waals surface area (Å²) >= 11 is 0. The molecule has 1 N–H and O–H groups in total. The number of rotatable bonds is 4. The number of halogens is 3. The fourth-order valence-electron chi connectivity index (χ4n) is 3.49. The van der Waals surface area contributed by atoms with Gasteiger partial charge in [0.05, 0.1) is 5.56 Å². The van der Waals surface area contributed by atoms with Crippen molar-refractivity contribution >= 4 is 0 Å². The molecule has 1 aliphatic carbocycles. The topological polar surface area (TPSA) is 23.5 Å². The lowest BCUT2D eigenvalue weighted by Crippen LogP contribution is -2.28. The minimum atomic E-state index is -4.26. The number of benzene rings is 1. The summed E-state index contributed by atoms with van der Waals surface area (Å²) in [5.74, 6) is 0.568. The van der Waals surface area contributed by atoms with Crippen LogP contribution in [0.25, 0.3) is 0 Å². The molecule has 20 heavy (non-hydrogen) atoms. The van der Waals surface area contributed by atoms with Crippen LogP contribution in [-0.4, -0.2) is 36.2 Å². The second-order valence-corrected chi connectivity index (χ2v) is 5.94. The first-order valence-electron chi connectivity index (χ1n) is 6.97. The molecule has 5 heteroatoms. The predicted octanol–water partition coefficient (Wildman–Crippen LogP) is 2.66. The summed E-state index contributed by atoms with van der Waals surface area (Å²) in [6.45, 7) is 2.97. The van der Waals surface area contributed by atoms with E-state index in [4.69, 9.17) is 5.11 Å². The highest BCUT2D eigenvalue weighted by Crippen LogP contribution is 2.59. The third kappa shape index (κ3) is 2.33. The normalized spacial score (nSPS) is 29.5. The number of fused-ring (bicyclic) bond motifs is 1.